The normalized spacial score (nSPS) is 15.3. The van der Waals surface area contributed by atoms with Crippen LogP contribution in [0.4, 0.5) is 9.18 Å². The largest absolute Gasteiger partial charge is 0.329 e. The van der Waals surface area contributed by atoms with Gasteiger partial charge in [0.15, 0.2) is 0 Å². The fraction of sp³-hybridized carbons (Fsp3) is 0.130. The zero-order chi connectivity index (χ0) is 20.5. The number of aromatic nitrogens is 1. The van der Waals surface area contributed by atoms with Gasteiger partial charge in [-0.1, -0.05) is 36.4 Å². The molecule has 1 aliphatic rings. The first-order chi connectivity index (χ1) is 13.9. The summed E-state index contributed by atoms with van der Waals surface area (Å²) < 4.78 is 15.6. The van der Waals surface area contributed by atoms with Gasteiger partial charge in [0.2, 0.25) is 0 Å². The molecule has 0 saturated carbocycles. The van der Waals surface area contributed by atoms with Gasteiger partial charge in [-0.15, -0.1) is 0 Å². The van der Waals surface area contributed by atoms with E-state index in [0.29, 0.717) is 5.69 Å². The maximum atomic E-state index is 13.6. The van der Waals surface area contributed by atoms with E-state index in [1.807, 2.05) is 60.9 Å². The summed E-state index contributed by atoms with van der Waals surface area (Å²) in [6, 6.07) is 17.2. The van der Waals surface area contributed by atoms with E-state index in [1.165, 1.54) is 17.0 Å². The second-order valence-corrected chi connectivity index (χ2v) is 7.01. The Bertz CT molecular complexity index is 1130. The van der Waals surface area contributed by atoms with Gasteiger partial charge in [-0.25, -0.2) is 9.18 Å². The van der Waals surface area contributed by atoms with Crippen molar-refractivity contribution in [3.05, 3.63) is 94.7 Å². The van der Waals surface area contributed by atoms with Crippen molar-refractivity contribution in [2.45, 2.75) is 20.4 Å². The molecule has 1 saturated heterocycles. The molecule has 0 atom stereocenters. The highest BCUT2D eigenvalue weighted by Gasteiger charge is 2.33. The number of rotatable bonds is 4. The summed E-state index contributed by atoms with van der Waals surface area (Å²) in [5.41, 5.74) is 4.35. The van der Waals surface area contributed by atoms with Crippen LogP contribution >= 0.6 is 0 Å². The van der Waals surface area contributed by atoms with Crippen LogP contribution in [0.3, 0.4) is 0 Å². The Hall–Kier alpha value is -3.67. The van der Waals surface area contributed by atoms with Gasteiger partial charge < -0.3 is 9.88 Å². The molecular weight excluding hydrogens is 369 g/mol. The maximum absolute atomic E-state index is 13.6. The molecule has 2 heterocycles. The molecule has 0 radical (unpaired) electrons. The standard InChI is InChI=1S/C23H20FN3O2/c1-15-11-18(16(2)27(15)20-10-6-9-19(24)13-20)12-21-22(28)26(23(29)25-21)14-17-7-4-3-5-8-17/h3-13H,14H2,1-2H3,(H,25,29)/b21-12+. The average Bonchev–Trinajstić information content (AvgIpc) is 3.12. The van der Waals surface area contributed by atoms with Crippen LogP contribution in [0.25, 0.3) is 11.8 Å². The Morgan fingerprint density at radius 2 is 1.76 bits per heavy atom. The van der Waals surface area contributed by atoms with Gasteiger partial charge in [0.1, 0.15) is 11.5 Å². The van der Waals surface area contributed by atoms with Crippen LogP contribution in [-0.4, -0.2) is 21.4 Å². The van der Waals surface area contributed by atoms with Gasteiger partial charge in [-0.05, 0) is 55.3 Å². The third-order valence-electron chi connectivity index (χ3n) is 4.98. The highest BCUT2D eigenvalue weighted by atomic mass is 19.1. The van der Waals surface area contributed by atoms with E-state index in [0.717, 1.165) is 22.5 Å². The second-order valence-electron chi connectivity index (χ2n) is 7.01. The zero-order valence-electron chi connectivity index (χ0n) is 16.1. The van der Waals surface area contributed by atoms with Gasteiger partial charge in [-0.2, -0.15) is 0 Å². The SMILES string of the molecule is Cc1cc(/C=C2/NC(=O)N(Cc3ccccc3)C2=O)c(C)n1-c1cccc(F)c1. The first-order valence-electron chi connectivity index (χ1n) is 9.27. The Morgan fingerprint density at radius 1 is 1.00 bits per heavy atom. The first-order valence-corrected chi connectivity index (χ1v) is 9.27. The average molecular weight is 389 g/mol. The number of aryl methyl sites for hydroxylation is 1. The molecule has 0 bridgehead atoms. The van der Waals surface area contributed by atoms with Crippen LogP contribution in [0, 0.1) is 19.7 Å². The Balaban J connectivity index is 1.64. The number of amides is 3. The summed E-state index contributed by atoms with van der Waals surface area (Å²) in [6.07, 6.45) is 1.67. The highest BCUT2D eigenvalue weighted by molar-refractivity contribution is 6.13. The van der Waals surface area contributed by atoms with E-state index < -0.39 is 6.03 Å². The number of halogens is 1. The van der Waals surface area contributed by atoms with E-state index in [1.54, 1.807) is 12.1 Å². The van der Waals surface area contributed by atoms with Gasteiger partial charge in [0, 0.05) is 17.1 Å². The number of hydrogen-bond donors (Lipinski definition) is 1. The van der Waals surface area contributed by atoms with Crippen LogP contribution in [0.5, 0.6) is 0 Å². The lowest BCUT2D eigenvalue weighted by atomic mass is 10.2. The molecular formula is C23H20FN3O2. The maximum Gasteiger partial charge on any atom is 0.329 e. The predicted octanol–water partition coefficient (Wildman–Crippen LogP) is 4.33. The van der Waals surface area contributed by atoms with Crippen molar-refractivity contribution < 1.29 is 14.0 Å². The zero-order valence-corrected chi connectivity index (χ0v) is 16.1. The molecule has 3 amide bonds. The van der Waals surface area contributed by atoms with Crippen molar-refractivity contribution in [3.8, 4) is 5.69 Å². The van der Waals surface area contributed by atoms with Crippen molar-refractivity contribution in [1.82, 2.24) is 14.8 Å². The van der Waals surface area contributed by atoms with Crippen LogP contribution < -0.4 is 5.32 Å². The molecule has 0 aliphatic carbocycles. The van der Waals surface area contributed by atoms with Gasteiger partial charge >= 0.3 is 6.03 Å². The molecule has 6 heteroatoms. The minimum Gasteiger partial charge on any atom is -0.318 e. The molecule has 0 unspecified atom stereocenters. The number of carbonyl (C=O) groups excluding carboxylic acids is 2. The van der Waals surface area contributed by atoms with Crippen LogP contribution in [0.2, 0.25) is 0 Å². The summed E-state index contributed by atoms with van der Waals surface area (Å²) in [5, 5.41) is 2.66. The summed E-state index contributed by atoms with van der Waals surface area (Å²) in [7, 11) is 0. The van der Waals surface area contributed by atoms with Gasteiger partial charge in [0.05, 0.1) is 6.54 Å². The lowest BCUT2D eigenvalue weighted by Crippen LogP contribution is -2.30. The number of imide groups is 1. The van der Waals surface area contributed by atoms with Crippen molar-refractivity contribution in [1.29, 1.82) is 0 Å². The van der Waals surface area contributed by atoms with Crippen molar-refractivity contribution in [2.24, 2.45) is 0 Å². The molecule has 146 valence electrons. The van der Waals surface area contributed by atoms with E-state index >= 15 is 0 Å². The number of urea groups is 1. The Morgan fingerprint density at radius 3 is 2.48 bits per heavy atom. The molecule has 5 nitrogen and oxygen atoms in total. The molecule has 29 heavy (non-hydrogen) atoms. The fourth-order valence-corrected chi connectivity index (χ4v) is 3.58. The van der Waals surface area contributed by atoms with Crippen molar-refractivity contribution in [3.63, 3.8) is 0 Å². The van der Waals surface area contributed by atoms with Crippen molar-refractivity contribution >= 4 is 18.0 Å². The lowest BCUT2D eigenvalue weighted by molar-refractivity contribution is -0.123. The van der Waals surface area contributed by atoms with Crippen LogP contribution in [0.15, 0.2) is 66.4 Å². The molecule has 4 rings (SSSR count). The molecule has 3 aromatic rings. The topological polar surface area (TPSA) is 54.3 Å². The van der Waals surface area contributed by atoms with Crippen LogP contribution in [-0.2, 0) is 11.3 Å². The predicted molar refractivity (Wildman–Crippen MR) is 109 cm³/mol. The summed E-state index contributed by atoms with van der Waals surface area (Å²) in [6.45, 7) is 4.02. The quantitative estimate of drug-likeness (QED) is 0.534. The number of nitrogens with one attached hydrogen (secondary N) is 1. The second kappa shape index (κ2) is 7.39. The highest BCUT2D eigenvalue weighted by Crippen LogP contribution is 2.24. The van der Waals surface area contributed by atoms with Gasteiger partial charge in [-0.3, -0.25) is 9.69 Å². The van der Waals surface area contributed by atoms with E-state index in [4.69, 9.17) is 0 Å². The fourth-order valence-electron chi connectivity index (χ4n) is 3.58. The smallest absolute Gasteiger partial charge is 0.318 e. The number of nitrogens with zero attached hydrogens (tertiary/aromatic N) is 2. The van der Waals surface area contributed by atoms with Gasteiger partial charge in [0.25, 0.3) is 5.91 Å². The summed E-state index contributed by atoms with van der Waals surface area (Å²) in [4.78, 5) is 26.3. The van der Waals surface area contributed by atoms with E-state index in [9.17, 15) is 14.0 Å². The Kier molecular flexibility index (Phi) is 4.76. The van der Waals surface area contributed by atoms with Crippen LogP contribution in [0.1, 0.15) is 22.5 Å². The molecule has 1 aromatic heterocycles. The number of hydrogen-bond acceptors (Lipinski definition) is 2. The summed E-state index contributed by atoms with van der Waals surface area (Å²) in [5.74, 6) is -0.681. The minimum absolute atomic E-state index is 0.213. The molecule has 0 spiro atoms. The molecule has 1 N–H and O–H groups in total. The molecule has 1 fully saturated rings. The monoisotopic (exact) mass is 389 g/mol. The van der Waals surface area contributed by atoms with Crippen molar-refractivity contribution in [2.75, 3.05) is 0 Å². The lowest BCUT2D eigenvalue weighted by Gasteiger charge is -2.11. The first kappa shape index (κ1) is 18.7. The minimum atomic E-state index is -0.441. The molecule has 1 aliphatic heterocycles. The summed E-state index contributed by atoms with van der Waals surface area (Å²) >= 11 is 0. The third kappa shape index (κ3) is 3.57. The number of carbonyl (C=O) groups is 2. The van der Waals surface area contributed by atoms with E-state index in [2.05, 4.69) is 5.32 Å². The Labute approximate surface area is 168 Å². The molecule has 2 aromatic carbocycles. The third-order valence-corrected chi connectivity index (χ3v) is 4.98. The number of benzene rings is 2. The van der Waals surface area contributed by atoms with E-state index in [-0.39, 0.29) is 24.0 Å².